The molecule has 0 bridgehead atoms. The van der Waals surface area contributed by atoms with E-state index in [-0.39, 0.29) is 30.4 Å². The zero-order valence-electron chi connectivity index (χ0n) is 22.8. The van der Waals surface area contributed by atoms with Gasteiger partial charge in [-0.25, -0.2) is 0 Å². The quantitative estimate of drug-likeness (QED) is 0.409. The van der Waals surface area contributed by atoms with Crippen LogP contribution in [-0.2, 0) is 22.6 Å². The van der Waals surface area contributed by atoms with Crippen LogP contribution in [0.3, 0.4) is 0 Å². The van der Waals surface area contributed by atoms with Gasteiger partial charge >= 0.3 is 0 Å². The molecular formula is C33H34N4O3. The normalized spacial score (nSPS) is 21.9. The van der Waals surface area contributed by atoms with E-state index in [1.54, 1.807) is 7.11 Å². The fourth-order valence-corrected chi connectivity index (χ4v) is 6.96. The molecule has 2 amide bonds. The molecule has 0 spiro atoms. The molecule has 3 aliphatic rings. The molecule has 4 heterocycles. The van der Waals surface area contributed by atoms with Gasteiger partial charge in [-0.1, -0.05) is 60.7 Å². The number of benzene rings is 3. The van der Waals surface area contributed by atoms with Crippen molar-refractivity contribution in [2.45, 2.75) is 43.9 Å². The molecule has 1 N–H and O–H groups in total. The molecule has 7 heteroatoms. The number of nitrogens with zero attached hydrogens (tertiary/aromatic N) is 3. The van der Waals surface area contributed by atoms with E-state index in [9.17, 15) is 9.59 Å². The third-order valence-electron chi connectivity index (χ3n) is 8.97. The van der Waals surface area contributed by atoms with E-state index in [0.717, 1.165) is 65.9 Å². The Bertz CT molecular complexity index is 1540. The summed E-state index contributed by atoms with van der Waals surface area (Å²) in [4.78, 5) is 38.0. The van der Waals surface area contributed by atoms with Crippen LogP contribution in [0, 0.1) is 0 Å². The van der Waals surface area contributed by atoms with Crippen molar-refractivity contribution in [3.8, 4) is 5.75 Å². The Kier molecular flexibility index (Phi) is 6.31. The molecule has 3 aromatic carbocycles. The van der Waals surface area contributed by atoms with Gasteiger partial charge in [0, 0.05) is 48.7 Å². The Morgan fingerprint density at radius 3 is 2.38 bits per heavy atom. The van der Waals surface area contributed by atoms with Crippen LogP contribution in [0.15, 0.2) is 78.9 Å². The Labute approximate surface area is 234 Å². The summed E-state index contributed by atoms with van der Waals surface area (Å²) in [5.74, 6) is 0.857. The number of carbonyl (C=O) groups excluding carboxylic acids is 2. The standard InChI is InChI=1S/C33H34N4O3/c1-40-25-13-11-23(12-14-25)32-31-27(26-9-5-6-10-28(26)34-31)19-29-33(39)36(21-30(38)37(29)32)24-15-17-35(18-16-24)20-22-7-3-2-4-8-22/h2-14,24,29,32,34H,15-21H2,1H3/t29-,32-/m0/s1. The molecule has 40 heavy (non-hydrogen) atoms. The topological polar surface area (TPSA) is 68.9 Å². The molecule has 1 aromatic heterocycles. The Hall–Kier alpha value is -4.10. The first-order valence-corrected chi connectivity index (χ1v) is 14.2. The highest BCUT2D eigenvalue weighted by molar-refractivity contribution is 5.97. The van der Waals surface area contributed by atoms with Crippen molar-refractivity contribution >= 4 is 22.7 Å². The molecule has 2 fully saturated rings. The summed E-state index contributed by atoms with van der Waals surface area (Å²) in [7, 11) is 1.65. The van der Waals surface area contributed by atoms with E-state index in [1.165, 1.54) is 5.56 Å². The molecular weight excluding hydrogens is 500 g/mol. The first-order chi connectivity index (χ1) is 19.6. The summed E-state index contributed by atoms with van der Waals surface area (Å²) in [6.45, 7) is 2.91. The van der Waals surface area contributed by atoms with E-state index >= 15 is 0 Å². The molecule has 0 unspecified atom stereocenters. The van der Waals surface area contributed by atoms with Gasteiger partial charge < -0.3 is 19.5 Å². The first kappa shape index (κ1) is 24.9. The third kappa shape index (κ3) is 4.25. The summed E-state index contributed by atoms with van der Waals surface area (Å²) in [5, 5.41) is 1.13. The molecule has 7 rings (SSSR count). The van der Waals surface area contributed by atoms with Gasteiger partial charge in [-0.2, -0.15) is 0 Å². The summed E-state index contributed by atoms with van der Waals surface area (Å²) >= 11 is 0. The van der Waals surface area contributed by atoms with Crippen molar-refractivity contribution < 1.29 is 14.3 Å². The summed E-state index contributed by atoms with van der Waals surface area (Å²) in [6, 6.07) is 25.8. The van der Waals surface area contributed by atoms with Crippen LogP contribution in [0.4, 0.5) is 0 Å². The smallest absolute Gasteiger partial charge is 0.246 e. The number of aromatic nitrogens is 1. The van der Waals surface area contributed by atoms with Gasteiger partial charge in [-0.3, -0.25) is 14.5 Å². The molecule has 0 saturated carbocycles. The second-order valence-electron chi connectivity index (χ2n) is 11.2. The van der Waals surface area contributed by atoms with Crippen LogP contribution in [-0.4, -0.2) is 70.3 Å². The number of hydrogen-bond acceptors (Lipinski definition) is 4. The molecule has 4 aromatic rings. The van der Waals surface area contributed by atoms with Crippen LogP contribution >= 0.6 is 0 Å². The number of amides is 2. The average molecular weight is 535 g/mol. The molecule has 204 valence electrons. The fourth-order valence-electron chi connectivity index (χ4n) is 6.96. The van der Waals surface area contributed by atoms with Crippen LogP contribution < -0.4 is 4.74 Å². The van der Waals surface area contributed by atoms with E-state index in [2.05, 4.69) is 46.3 Å². The number of para-hydroxylation sites is 1. The number of piperazine rings is 1. The number of methoxy groups -OCH3 is 1. The van der Waals surface area contributed by atoms with Crippen molar-refractivity contribution in [3.05, 3.63) is 101 Å². The monoisotopic (exact) mass is 534 g/mol. The van der Waals surface area contributed by atoms with Gasteiger partial charge in [0.1, 0.15) is 18.3 Å². The highest BCUT2D eigenvalue weighted by Gasteiger charge is 2.49. The number of hydrogen-bond donors (Lipinski definition) is 1. The number of ether oxygens (including phenoxy) is 1. The zero-order valence-corrected chi connectivity index (χ0v) is 22.8. The number of piperidine rings is 1. The Morgan fingerprint density at radius 2 is 1.62 bits per heavy atom. The highest BCUT2D eigenvalue weighted by atomic mass is 16.5. The molecule has 2 saturated heterocycles. The number of fused-ring (bicyclic) bond motifs is 4. The summed E-state index contributed by atoms with van der Waals surface area (Å²) in [5.41, 5.74) is 5.46. The van der Waals surface area contributed by atoms with Gasteiger partial charge in [-0.15, -0.1) is 0 Å². The van der Waals surface area contributed by atoms with Gasteiger partial charge in [-0.05, 0) is 47.7 Å². The predicted molar refractivity (Wildman–Crippen MR) is 154 cm³/mol. The van der Waals surface area contributed by atoms with Crippen molar-refractivity contribution in [2.24, 2.45) is 0 Å². The molecule has 7 nitrogen and oxygen atoms in total. The molecule has 0 radical (unpaired) electrons. The van der Waals surface area contributed by atoms with Gasteiger partial charge in [0.25, 0.3) is 0 Å². The van der Waals surface area contributed by atoms with Crippen molar-refractivity contribution in [2.75, 3.05) is 26.7 Å². The Morgan fingerprint density at radius 1 is 0.900 bits per heavy atom. The number of nitrogens with one attached hydrogen (secondary N) is 1. The van der Waals surface area contributed by atoms with Crippen LogP contribution in [0.1, 0.15) is 41.3 Å². The fraction of sp³-hybridized carbons (Fsp3) is 0.333. The van der Waals surface area contributed by atoms with E-state index in [4.69, 9.17) is 4.74 Å². The largest absolute Gasteiger partial charge is 0.497 e. The highest BCUT2D eigenvalue weighted by Crippen LogP contribution is 2.43. The summed E-state index contributed by atoms with van der Waals surface area (Å²) < 4.78 is 5.39. The molecule has 3 aliphatic heterocycles. The summed E-state index contributed by atoms with van der Waals surface area (Å²) in [6.07, 6.45) is 2.30. The second-order valence-corrected chi connectivity index (χ2v) is 11.2. The average Bonchev–Trinajstić information content (AvgIpc) is 3.37. The first-order valence-electron chi connectivity index (χ1n) is 14.2. The van der Waals surface area contributed by atoms with E-state index in [1.807, 2.05) is 52.3 Å². The van der Waals surface area contributed by atoms with Crippen molar-refractivity contribution in [1.82, 2.24) is 19.7 Å². The minimum Gasteiger partial charge on any atom is -0.497 e. The van der Waals surface area contributed by atoms with E-state index < -0.39 is 6.04 Å². The Balaban J connectivity index is 1.18. The van der Waals surface area contributed by atoms with E-state index in [0.29, 0.717) is 6.42 Å². The lowest BCUT2D eigenvalue weighted by Gasteiger charge is -2.49. The lowest BCUT2D eigenvalue weighted by atomic mass is 9.85. The molecule has 0 aliphatic carbocycles. The number of rotatable bonds is 5. The van der Waals surface area contributed by atoms with Gasteiger partial charge in [0.15, 0.2) is 0 Å². The maximum atomic E-state index is 14.2. The lowest BCUT2D eigenvalue weighted by molar-refractivity contribution is -0.161. The third-order valence-corrected chi connectivity index (χ3v) is 8.97. The van der Waals surface area contributed by atoms with Crippen LogP contribution in [0.25, 0.3) is 10.9 Å². The number of likely N-dealkylation sites (tertiary alicyclic amines) is 1. The maximum absolute atomic E-state index is 14.2. The van der Waals surface area contributed by atoms with Crippen LogP contribution in [0.5, 0.6) is 5.75 Å². The van der Waals surface area contributed by atoms with Crippen molar-refractivity contribution in [1.29, 1.82) is 0 Å². The number of carbonyl (C=O) groups is 2. The van der Waals surface area contributed by atoms with Crippen LogP contribution in [0.2, 0.25) is 0 Å². The number of H-pyrrole nitrogens is 1. The molecule has 2 atom stereocenters. The SMILES string of the molecule is COc1ccc([C@H]2c3[nH]c4ccccc4c3C[C@H]3C(=O)N(C4CCN(Cc5ccccc5)CC4)CC(=O)N23)cc1. The second kappa shape index (κ2) is 10.1. The minimum atomic E-state index is -0.512. The lowest BCUT2D eigenvalue weighted by Crippen LogP contribution is -2.65. The van der Waals surface area contributed by atoms with Gasteiger partial charge in [0.05, 0.1) is 13.2 Å². The maximum Gasteiger partial charge on any atom is 0.246 e. The predicted octanol–water partition coefficient (Wildman–Crippen LogP) is 4.53. The van der Waals surface area contributed by atoms with Gasteiger partial charge in [0.2, 0.25) is 11.8 Å². The minimum absolute atomic E-state index is 0.0152. The zero-order chi connectivity index (χ0) is 27.2. The van der Waals surface area contributed by atoms with Crippen molar-refractivity contribution in [3.63, 3.8) is 0 Å². The number of aromatic amines is 1.